The van der Waals surface area contributed by atoms with Gasteiger partial charge >= 0.3 is 6.18 Å². The summed E-state index contributed by atoms with van der Waals surface area (Å²) < 4.78 is 63.7. The first kappa shape index (κ1) is 18.8. The highest BCUT2D eigenvalue weighted by Crippen LogP contribution is 2.30. The lowest BCUT2D eigenvalue weighted by Gasteiger charge is -2.19. The molecule has 1 rings (SSSR count). The van der Waals surface area contributed by atoms with Crippen molar-refractivity contribution in [3.63, 3.8) is 0 Å². The van der Waals surface area contributed by atoms with E-state index in [1.807, 2.05) is 4.72 Å². The molecule has 0 heterocycles. The Balaban J connectivity index is 3.05. The number of carboxylic acid groups (broad SMARTS) is 1. The van der Waals surface area contributed by atoms with Crippen LogP contribution in [0.2, 0.25) is 0 Å². The summed E-state index contributed by atoms with van der Waals surface area (Å²) in [6, 6.07) is 1.56. The number of thioether (sulfide) groups is 1. The number of carbonyl (C=O) groups excluding carboxylic acids is 1. The minimum absolute atomic E-state index is 0.0400. The number of aliphatic carboxylic acids is 1. The number of carbonyl (C=O) groups is 1. The predicted octanol–water partition coefficient (Wildman–Crippen LogP) is 0.855. The van der Waals surface area contributed by atoms with Crippen LogP contribution < -0.4 is 9.83 Å². The van der Waals surface area contributed by atoms with Crippen LogP contribution in [0.3, 0.4) is 0 Å². The molecule has 0 spiro atoms. The average molecular weight is 356 g/mol. The van der Waals surface area contributed by atoms with Crippen molar-refractivity contribution in [2.75, 3.05) is 12.0 Å². The van der Waals surface area contributed by atoms with E-state index in [0.717, 1.165) is 18.2 Å². The van der Waals surface area contributed by atoms with Crippen LogP contribution in [0, 0.1) is 0 Å². The molecule has 1 aromatic carbocycles. The zero-order chi connectivity index (χ0) is 17.0. The summed E-state index contributed by atoms with van der Waals surface area (Å²) in [5, 5.41) is 10.9. The summed E-state index contributed by atoms with van der Waals surface area (Å²) in [6.45, 7) is 0. The van der Waals surface area contributed by atoms with Crippen molar-refractivity contribution in [3.05, 3.63) is 29.8 Å². The van der Waals surface area contributed by atoms with Crippen LogP contribution in [-0.2, 0) is 21.0 Å². The molecule has 0 saturated carbocycles. The number of sulfonamides is 1. The van der Waals surface area contributed by atoms with Gasteiger partial charge in [0, 0.05) is 0 Å². The van der Waals surface area contributed by atoms with Crippen LogP contribution in [0.1, 0.15) is 12.0 Å². The smallest absolute Gasteiger partial charge is 0.416 e. The van der Waals surface area contributed by atoms with Gasteiger partial charge in [-0.3, -0.25) is 0 Å². The molecule has 0 saturated heterocycles. The Hall–Kier alpha value is -1.26. The molecular weight excluding hydrogens is 343 g/mol. The quantitative estimate of drug-likeness (QED) is 0.783. The first-order valence-corrected chi connectivity index (χ1v) is 8.85. The summed E-state index contributed by atoms with van der Waals surface area (Å²) in [5.41, 5.74) is -1.13. The first-order valence-electron chi connectivity index (χ1n) is 5.97. The maximum absolute atomic E-state index is 12.6. The molecule has 0 unspecified atom stereocenters. The zero-order valence-electron chi connectivity index (χ0n) is 11.4. The number of rotatable bonds is 7. The standard InChI is InChI=1S/C12H14F3NO4S2/c1-21-6-5-10(11(17)18)16-22(19,20)9-4-2-3-8(7-9)12(13,14)15/h2-4,7,10,16H,5-6H2,1H3,(H,17,18)/p-1/t10-/m0/s1. The summed E-state index contributed by atoms with van der Waals surface area (Å²) in [7, 11) is -4.40. The zero-order valence-corrected chi connectivity index (χ0v) is 13.0. The molecule has 1 atom stereocenters. The third kappa shape index (κ3) is 5.18. The van der Waals surface area contributed by atoms with Crippen molar-refractivity contribution < 1.29 is 31.5 Å². The number of nitrogens with one attached hydrogen (secondary N) is 1. The van der Waals surface area contributed by atoms with E-state index in [9.17, 15) is 31.5 Å². The second kappa shape index (κ2) is 7.34. The van der Waals surface area contributed by atoms with Crippen LogP contribution in [0.5, 0.6) is 0 Å². The Morgan fingerprint density at radius 3 is 2.55 bits per heavy atom. The molecule has 0 bridgehead atoms. The number of alkyl halides is 3. The molecule has 0 radical (unpaired) electrons. The maximum atomic E-state index is 12.6. The molecule has 1 N–H and O–H groups in total. The van der Waals surface area contributed by atoms with E-state index in [-0.39, 0.29) is 6.42 Å². The second-order valence-corrected chi connectivity index (χ2v) is 7.00. The van der Waals surface area contributed by atoms with Crippen LogP contribution in [0.15, 0.2) is 29.2 Å². The van der Waals surface area contributed by atoms with Crippen LogP contribution in [0.25, 0.3) is 0 Å². The number of benzene rings is 1. The number of hydrogen-bond acceptors (Lipinski definition) is 5. The number of carboxylic acids is 1. The molecule has 1 aromatic rings. The molecule has 0 fully saturated rings. The van der Waals surface area contributed by atoms with Gasteiger partial charge in [-0.2, -0.15) is 24.9 Å². The van der Waals surface area contributed by atoms with Crippen molar-refractivity contribution in [3.8, 4) is 0 Å². The minimum Gasteiger partial charge on any atom is -0.548 e. The van der Waals surface area contributed by atoms with E-state index >= 15 is 0 Å². The van der Waals surface area contributed by atoms with Gasteiger partial charge < -0.3 is 9.90 Å². The van der Waals surface area contributed by atoms with Crippen molar-refractivity contribution in [1.82, 2.24) is 4.72 Å². The molecule has 0 aliphatic rings. The van der Waals surface area contributed by atoms with E-state index < -0.39 is 38.7 Å². The Kier molecular flexibility index (Phi) is 6.27. The minimum atomic E-state index is -4.70. The third-order valence-corrected chi connectivity index (χ3v) is 4.78. The van der Waals surface area contributed by atoms with Crippen molar-refractivity contribution in [2.24, 2.45) is 0 Å². The fourth-order valence-corrected chi connectivity index (χ4v) is 3.29. The van der Waals surface area contributed by atoms with E-state index in [2.05, 4.69) is 0 Å². The molecule has 10 heteroatoms. The molecule has 0 aromatic heterocycles. The van der Waals surface area contributed by atoms with Gasteiger partial charge in [0.25, 0.3) is 0 Å². The Labute approximate surface area is 130 Å². The lowest BCUT2D eigenvalue weighted by Crippen LogP contribution is -2.48. The second-order valence-electron chi connectivity index (χ2n) is 4.30. The van der Waals surface area contributed by atoms with Gasteiger partial charge in [-0.1, -0.05) is 6.07 Å². The largest absolute Gasteiger partial charge is 0.548 e. The number of hydrogen-bond donors (Lipinski definition) is 1. The monoisotopic (exact) mass is 356 g/mol. The van der Waals surface area contributed by atoms with E-state index in [1.54, 1.807) is 6.26 Å². The predicted molar refractivity (Wildman–Crippen MR) is 73.6 cm³/mol. The highest BCUT2D eigenvalue weighted by molar-refractivity contribution is 7.98. The van der Waals surface area contributed by atoms with E-state index in [1.165, 1.54) is 11.8 Å². The molecule has 0 aliphatic heterocycles. The maximum Gasteiger partial charge on any atom is 0.416 e. The van der Waals surface area contributed by atoms with Gasteiger partial charge in [0.1, 0.15) is 0 Å². The molecule has 0 amide bonds. The summed E-state index contributed by atoms with van der Waals surface area (Å²) >= 11 is 1.30. The van der Waals surface area contributed by atoms with Crippen LogP contribution in [-0.4, -0.2) is 32.4 Å². The normalized spacial score (nSPS) is 13.8. The SMILES string of the molecule is CSCC[C@H](NS(=O)(=O)c1cccc(C(F)(F)F)c1)C(=O)[O-]. The highest BCUT2D eigenvalue weighted by atomic mass is 32.2. The summed E-state index contributed by atoms with van der Waals surface area (Å²) in [4.78, 5) is 10.3. The fourth-order valence-electron chi connectivity index (χ4n) is 1.56. The molecular formula is C12H13F3NO4S2-. The highest BCUT2D eigenvalue weighted by Gasteiger charge is 2.32. The van der Waals surface area contributed by atoms with Crippen molar-refractivity contribution in [1.29, 1.82) is 0 Å². The van der Waals surface area contributed by atoms with Gasteiger partial charge in [-0.25, -0.2) is 13.1 Å². The Morgan fingerprint density at radius 2 is 2.05 bits per heavy atom. The van der Waals surface area contributed by atoms with Gasteiger partial charge in [-0.15, -0.1) is 0 Å². The topological polar surface area (TPSA) is 86.3 Å². The summed E-state index contributed by atoms with van der Waals surface area (Å²) in [5.74, 6) is -1.28. The van der Waals surface area contributed by atoms with Crippen LogP contribution >= 0.6 is 11.8 Å². The Bertz CT molecular complexity index is 632. The molecule has 22 heavy (non-hydrogen) atoms. The molecule has 0 aliphatic carbocycles. The van der Waals surface area contributed by atoms with Crippen LogP contribution in [0.4, 0.5) is 13.2 Å². The van der Waals surface area contributed by atoms with Gasteiger partial charge in [0.15, 0.2) is 0 Å². The lowest BCUT2D eigenvalue weighted by atomic mass is 10.2. The van der Waals surface area contributed by atoms with E-state index in [4.69, 9.17) is 0 Å². The lowest BCUT2D eigenvalue weighted by molar-refractivity contribution is -0.308. The van der Waals surface area contributed by atoms with Gasteiger partial charge in [0.05, 0.1) is 22.5 Å². The fraction of sp³-hybridized carbons (Fsp3) is 0.417. The van der Waals surface area contributed by atoms with Crippen molar-refractivity contribution in [2.45, 2.75) is 23.5 Å². The third-order valence-electron chi connectivity index (χ3n) is 2.66. The summed E-state index contributed by atoms with van der Waals surface area (Å²) in [6.07, 6.45) is -3.03. The Morgan fingerprint density at radius 1 is 1.41 bits per heavy atom. The molecule has 5 nitrogen and oxygen atoms in total. The van der Waals surface area contributed by atoms with Crippen molar-refractivity contribution >= 4 is 27.8 Å². The average Bonchev–Trinajstić information content (AvgIpc) is 2.42. The van der Waals surface area contributed by atoms with Gasteiger partial charge in [-0.05, 0) is 36.6 Å². The molecule has 124 valence electrons. The number of halogens is 3. The van der Waals surface area contributed by atoms with E-state index in [0.29, 0.717) is 11.8 Å². The first-order chi connectivity index (χ1) is 10.1. The van der Waals surface area contributed by atoms with Gasteiger partial charge in [0.2, 0.25) is 10.0 Å².